The fourth-order valence-electron chi connectivity index (χ4n) is 3.67. The maximum absolute atomic E-state index is 12.9. The number of carbonyl (C=O) groups excluding carboxylic acids is 3. The van der Waals surface area contributed by atoms with Gasteiger partial charge in [-0.2, -0.15) is 0 Å². The van der Waals surface area contributed by atoms with Crippen molar-refractivity contribution in [3.05, 3.63) is 85.8 Å². The Hall–Kier alpha value is -4.04. The van der Waals surface area contributed by atoms with Crippen molar-refractivity contribution in [2.75, 3.05) is 26.1 Å². The summed E-state index contributed by atoms with van der Waals surface area (Å²) in [7, 11) is 3.02. The number of rotatable bonds is 10. The number of carboxylic acids is 1. The Morgan fingerprint density at radius 2 is 1.73 bits per heavy atom. The van der Waals surface area contributed by atoms with E-state index >= 15 is 0 Å². The molecule has 0 aliphatic carbocycles. The molecule has 2 N–H and O–H groups in total. The van der Waals surface area contributed by atoms with Crippen LogP contribution in [-0.4, -0.2) is 53.8 Å². The quantitative estimate of drug-likeness (QED) is 0.219. The molecule has 0 spiro atoms. The van der Waals surface area contributed by atoms with E-state index in [0.717, 1.165) is 22.2 Å². The number of imide groups is 1. The normalized spacial score (nSPS) is 13.9. The van der Waals surface area contributed by atoms with Gasteiger partial charge in [0.1, 0.15) is 18.9 Å². The lowest BCUT2D eigenvalue weighted by molar-refractivity contribution is -0.127. The minimum absolute atomic E-state index is 0.173. The fraction of sp³-hybridized carbons (Fsp3) is 0.143. The molecule has 206 valence electrons. The number of thioether (sulfide) groups is 1. The van der Waals surface area contributed by atoms with Gasteiger partial charge in [-0.3, -0.25) is 19.3 Å². The zero-order valence-corrected chi connectivity index (χ0v) is 24.3. The molecule has 40 heavy (non-hydrogen) atoms. The third kappa shape index (κ3) is 6.93. The molecule has 0 atom stereocenters. The summed E-state index contributed by atoms with van der Waals surface area (Å²) in [5, 5.41) is 11.2. The van der Waals surface area contributed by atoms with E-state index in [1.54, 1.807) is 54.6 Å². The Bertz CT molecular complexity index is 1490. The molecule has 1 fully saturated rings. The molecule has 3 aromatic rings. The van der Waals surface area contributed by atoms with Gasteiger partial charge in [-0.1, -0.05) is 12.1 Å². The number of aromatic carboxylic acids is 1. The van der Waals surface area contributed by atoms with Crippen LogP contribution in [0.3, 0.4) is 0 Å². The van der Waals surface area contributed by atoms with E-state index in [2.05, 4.69) is 27.9 Å². The van der Waals surface area contributed by atoms with Gasteiger partial charge in [-0.25, -0.2) is 4.79 Å². The lowest BCUT2D eigenvalue weighted by Crippen LogP contribution is -2.36. The number of benzene rings is 3. The number of anilines is 1. The van der Waals surface area contributed by atoms with Crippen LogP contribution >= 0.6 is 34.4 Å². The van der Waals surface area contributed by atoms with Gasteiger partial charge in [0.15, 0.2) is 11.5 Å². The summed E-state index contributed by atoms with van der Waals surface area (Å²) in [5.41, 5.74) is 2.07. The Morgan fingerprint density at radius 1 is 1.02 bits per heavy atom. The molecular weight excluding hydrogens is 651 g/mol. The van der Waals surface area contributed by atoms with Crippen LogP contribution in [0.5, 0.6) is 17.2 Å². The lowest BCUT2D eigenvalue weighted by atomic mass is 10.1. The number of carbonyl (C=O) groups is 4. The monoisotopic (exact) mass is 674 g/mol. The first-order chi connectivity index (χ1) is 19.2. The smallest absolute Gasteiger partial charge is 0.335 e. The van der Waals surface area contributed by atoms with E-state index in [-0.39, 0.29) is 17.1 Å². The van der Waals surface area contributed by atoms with Crippen molar-refractivity contribution in [1.29, 1.82) is 0 Å². The third-order valence-electron chi connectivity index (χ3n) is 5.68. The van der Waals surface area contributed by atoms with Crippen LogP contribution < -0.4 is 19.5 Å². The maximum atomic E-state index is 12.9. The van der Waals surface area contributed by atoms with E-state index in [1.807, 2.05) is 0 Å². The molecule has 1 aliphatic heterocycles. The second-order valence-electron chi connectivity index (χ2n) is 8.37. The van der Waals surface area contributed by atoms with Crippen LogP contribution in [0.1, 0.15) is 21.5 Å². The van der Waals surface area contributed by atoms with Crippen molar-refractivity contribution in [3.8, 4) is 17.2 Å². The van der Waals surface area contributed by atoms with Crippen LogP contribution in [0.4, 0.5) is 10.5 Å². The van der Waals surface area contributed by atoms with Crippen LogP contribution in [-0.2, 0) is 16.2 Å². The molecule has 3 aromatic carbocycles. The largest absolute Gasteiger partial charge is 0.497 e. The predicted octanol–water partition coefficient (Wildman–Crippen LogP) is 5.26. The summed E-state index contributed by atoms with van der Waals surface area (Å²) >= 11 is 2.83. The van der Waals surface area contributed by atoms with Gasteiger partial charge in [0.2, 0.25) is 5.91 Å². The highest BCUT2D eigenvalue weighted by atomic mass is 127. The first kappa shape index (κ1) is 29.0. The molecule has 0 bridgehead atoms. The van der Waals surface area contributed by atoms with Gasteiger partial charge in [0, 0.05) is 5.69 Å². The Balaban J connectivity index is 1.44. The van der Waals surface area contributed by atoms with Gasteiger partial charge in [-0.05, 0) is 100 Å². The average molecular weight is 674 g/mol. The summed E-state index contributed by atoms with van der Waals surface area (Å²) in [6, 6.07) is 16.5. The molecule has 0 aromatic heterocycles. The van der Waals surface area contributed by atoms with Gasteiger partial charge in [0.25, 0.3) is 11.1 Å². The summed E-state index contributed by atoms with van der Waals surface area (Å²) in [5.74, 6) is -0.562. The first-order valence-electron chi connectivity index (χ1n) is 11.7. The highest BCUT2D eigenvalue weighted by Gasteiger charge is 2.36. The molecule has 1 heterocycles. The van der Waals surface area contributed by atoms with Crippen molar-refractivity contribution in [2.45, 2.75) is 6.61 Å². The molecule has 3 amide bonds. The minimum Gasteiger partial charge on any atom is -0.497 e. The summed E-state index contributed by atoms with van der Waals surface area (Å²) in [6.45, 7) is -0.238. The van der Waals surface area contributed by atoms with E-state index in [0.29, 0.717) is 32.1 Å². The summed E-state index contributed by atoms with van der Waals surface area (Å²) in [4.78, 5) is 50.1. The van der Waals surface area contributed by atoms with E-state index in [4.69, 9.17) is 19.3 Å². The number of ether oxygens (including phenoxy) is 3. The molecule has 1 saturated heterocycles. The lowest BCUT2D eigenvalue weighted by Gasteiger charge is -2.14. The molecule has 0 radical (unpaired) electrons. The van der Waals surface area contributed by atoms with Gasteiger partial charge in [-0.15, -0.1) is 0 Å². The number of hydrogen-bond donors (Lipinski definition) is 2. The van der Waals surface area contributed by atoms with Crippen LogP contribution in [0.15, 0.2) is 65.6 Å². The predicted molar refractivity (Wildman–Crippen MR) is 158 cm³/mol. The summed E-state index contributed by atoms with van der Waals surface area (Å²) in [6.07, 6.45) is 1.56. The Kier molecular flexibility index (Phi) is 9.32. The number of halogens is 1. The van der Waals surface area contributed by atoms with Crippen LogP contribution in [0.2, 0.25) is 0 Å². The fourth-order valence-corrected chi connectivity index (χ4v) is 5.29. The molecule has 1 aliphatic rings. The standard InChI is InChI=1S/C28H23IN2O8S/c1-37-20-9-7-19(8-10-20)30-24(32)14-31-26(33)23(40-28(31)36)13-17-11-21(29)25(22(12-17)38-2)39-15-16-3-5-18(6-4-16)27(34)35/h3-13H,14-15H2,1-2H3,(H,30,32)(H,34,35)/b23-13+. The third-order valence-corrected chi connectivity index (χ3v) is 7.39. The molecule has 4 rings (SSSR count). The zero-order valence-electron chi connectivity index (χ0n) is 21.3. The number of nitrogens with one attached hydrogen (secondary N) is 1. The molecule has 0 saturated carbocycles. The van der Waals surface area contributed by atoms with E-state index in [1.165, 1.54) is 26.4 Å². The molecule has 10 nitrogen and oxygen atoms in total. The molecular formula is C28H23IN2O8S. The number of hydrogen-bond acceptors (Lipinski definition) is 8. The zero-order chi connectivity index (χ0) is 28.8. The van der Waals surface area contributed by atoms with E-state index < -0.39 is 29.6 Å². The highest BCUT2D eigenvalue weighted by Crippen LogP contribution is 2.37. The van der Waals surface area contributed by atoms with Crippen molar-refractivity contribution in [1.82, 2.24) is 4.90 Å². The Morgan fingerprint density at radius 3 is 2.35 bits per heavy atom. The second kappa shape index (κ2) is 12.9. The minimum atomic E-state index is -1.01. The molecule has 0 unspecified atom stereocenters. The van der Waals surface area contributed by atoms with Gasteiger partial charge < -0.3 is 24.6 Å². The highest BCUT2D eigenvalue weighted by molar-refractivity contribution is 14.1. The SMILES string of the molecule is COc1ccc(NC(=O)CN2C(=O)S/C(=C/c3cc(I)c(OCc4ccc(C(=O)O)cc4)c(OC)c3)C2=O)cc1. The van der Waals surface area contributed by atoms with Crippen molar-refractivity contribution < 1.29 is 38.5 Å². The summed E-state index contributed by atoms with van der Waals surface area (Å²) < 4.78 is 17.2. The van der Waals surface area contributed by atoms with E-state index in [9.17, 15) is 19.2 Å². The molecule has 12 heteroatoms. The van der Waals surface area contributed by atoms with Crippen molar-refractivity contribution in [3.63, 3.8) is 0 Å². The van der Waals surface area contributed by atoms with Crippen molar-refractivity contribution in [2.24, 2.45) is 0 Å². The Labute approximate surface area is 247 Å². The number of carboxylic acid groups (broad SMARTS) is 1. The van der Waals surface area contributed by atoms with Gasteiger partial charge >= 0.3 is 5.97 Å². The van der Waals surface area contributed by atoms with Crippen molar-refractivity contribution >= 4 is 69.1 Å². The average Bonchev–Trinajstić information content (AvgIpc) is 3.19. The number of nitrogens with zero attached hydrogens (tertiary/aromatic N) is 1. The second-order valence-corrected chi connectivity index (χ2v) is 10.5. The maximum Gasteiger partial charge on any atom is 0.335 e. The number of amides is 3. The first-order valence-corrected chi connectivity index (χ1v) is 13.6. The topological polar surface area (TPSA) is 131 Å². The van der Waals surface area contributed by atoms with Gasteiger partial charge in [0.05, 0.1) is 28.3 Å². The van der Waals surface area contributed by atoms with Crippen LogP contribution in [0, 0.1) is 3.57 Å². The number of methoxy groups -OCH3 is 2. The van der Waals surface area contributed by atoms with Crippen LogP contribution in [0.25, 0.3) is 6.08 Å².